The van der Waals surface area contributed by atoms with E-state index >= 15 is 0 Å². The number of benzene rings is 11. The van der Waals surface area contributed by atoms with Crippen LogP contribution in [0, 0.1) is 6.92 Å². The summed E-state index contributed by atoms with van der Waals surface area (Å²) in [6.07, 6.45) is 12.5. The molecule has 0 fully saturated rings. The number of fused-ring (bicyclic) bond motifs is 5. The zero-order valence-electron chi connectivity index (χ0n) is 64.7. The molecule has 0 N–H and O–H groups in total. The Morgan fingerprint density at radius 2 is 0.741 bits per heavy atom. The first-order valence-corrected chi connectivity index (χ1v) is 38.3. The van der Waals surface area contributed by atoms with Crippen LogP contribution >= 0.6 is 11.3 Å². The quantitative estimate of drug-likeness (QED) is 0.0666. The van der Waals surface area contributed by atoms with Crippen LogP contribution in [0.25, 0.3) is 147 Å². The molecule has 0 saturated heterocycles. The number of nitrogens with zero attached hydrogens (tertiary/aromatic N) is 5. The minimum absolute atomic E-state index is 0.0726. The largest absolute Gasteiger partial charge is 0.496 e. The Morgan fingerprint density at radius 3 is 1.15 bits per heavy atom. The van der Waals surface area contributed by atoms with E-state index in [0.717, 1.165) is 140 Å². The van der Waals surface area contributed by atoms with Crippen LogP contribution in [0.4, 0.5) is 5.69 Å². The zero-order chi connectivity index (χ0) is 77.9. The van der Waals surface area contributed by atoms with E-state index < -0.39 is 0 Å². The van der Waals surface area contributed by atoms with Crippen LogP contribution in [0.2, 0.25) is 0 Å². The van der Waals surface area contributed by atoms with Crippen LogP contribution in [0.5, 0.6) is 11.5 Å². The molecule has 11 aromatic carbocycles. The Labute approximate surface area is 656 Å². The van der Waals surface area contributed by atoms with Crippen molar-refractivity contribution in [2.75, 3.05) is 32.2 Å². The molecule has 17 rings (SSSR count). The second-order valence-corrected chi connectivity index (χ2v) is 30.2. The molecule has 0 atom stereocenters. The molecule has 17 aromatic rings. The van der Waals surface area contributed by atoms with Crippen LogP contribution < -0.4 is 20.0 Å². The van der Waals surface area contributed by atoms with Crippen molar-refractivity contribution >= 4 is 109 Å². The molecule has 112 heavy (non-hydrogen) atoms. The number of hydrogen-bond donors (Lipinski definition) is 0. The van der Waals surface area contributed by atoms with Crippen molar-refractivity contribution in [3.05, 3.63) is 327 Å². The zero-order valence-corrected chi connectivity index (χ0v) is 65.5. The standard InChI is InChI=1S/C30H26O2.C28H18N2O2.C26H26N2O2S.C14H17NO2/c1-31-29-9-5-3-7-27(29)21-15-23-11-17-25(18-12-23)26-19-13-24(14-20-26)16-22-28-8-4-6-10-30(28)32-2;1-3-7-25-23(5-1)29-27(31-25)21-15-11-19(12-16-21)9-10-20-13-17-22(18-14-20)28-30-24-6-2-4-8-26(24)32-28;1-25(2,3)15-7-9-19-17(13-15)27-23(29-19)21-11-12-22(31-21)24-28-18-14-16(26(4,5)6)8-10-20(18)30-24;1-4-15(5-2)11-6-7-12-10(3)8-14(16)17-13(12)9-11/h3-22H,1-2H3;1-18H;7-14H,1-6H3;6-9H,4-5H2,1-3H3/b21-15+,22-16+;10-9+;;. The van der Waals surface area contributed by atoms with Crippen LogP contribution in [-0.2, 0) is 10.8 Å². The van der Waals surface area contributed by atoms with Crippen molar-refractivity contribution in [2.24, 2.45) is 0 Å². The maximum absolute atomic E-state index is 11.3. The van der Waals surface area contributed by atoms with Crippen LogP contribution in [0.1, 0.15) is 105 Å². The minimum atomic E-state index is -0.285. The van der Waals surface area contributed by atoms with Gasteiger partial charge in [-0.2, -0.15) is 0 Å². The molecule has 558 valence electrons. The molecule has 0 aliphatic heterocycles. The number of oxazole rings is 4. The highest BCUT2D eigenvalue weighted by molar-refractivity contribution is 7.18. The van der Waals surface area contributed by atoms with E-state index in [1.165, 1.54) is 28.3 Å². The van der Waals surface area contributed by atoms with Gasteiger partial charge in [0.2, 0.25) is 23.6 Å². The molecule has 0 amide bonds. The van der Waals surface area contributed by atoms with E-state index in [4.69, 9.17) is 41.5 Å². The topological polar surface area (TPSA) is 156 Å². The van der Waals surface area contributed by atoms with Crippen molar-refractivity contribution in [1.29, 1.82) is 0 Å². The highest BCUT2D eigenvalue weighted by Crippen LogP contribution is 2.39. The van der Waals surface area contributed by atoms with Gasteiger partial charge in [0.15, 0.2) is 22.3 Å². The predicted octanol–water partition coefficient (Wildman–Crippen LogP) is 26.1. The lowest BCUT2D eigenvalue weighted by molar-refractivity contribution is 0.414. The van der Waals surface area contributed by atoms with E-state index in [2.05, 4.69) is 210 Å². The summed E-state index contributed by atoms with van der Waals surface area (Å²) in [6, 6.07) is 89.2. The molecule has 6 heterocycles. The summed E-state index contributed by atoms with van der Waals surface area (Å²) in [4.78, 5) is 34.1. The molecule has 0 aliphatic rings. The lowest BCUT2D eigenvalue weighted by atomic mass is 9.87. The van der Waals surface area contributed by atoms with Gasteiger partial charge in [-0.05, 0) is 191 Å². The summed E-state index contributed by atoms with van der Waals surface area (Å²) in [6.45, 7) is 21.2. The second-order valence-electron chi connectivity index (χ2n) is 29.1. The average Bonchev–Trinajstić information content (AvgIpc) is 1.64. The molecule has 0 spiro atoms. The van der Waals surface area contributed by atoms with E-state index in [-0.39, 0.29) is 16.5 Å². The van der Waals surface area contributed by atoms with Gasteiger partial charge in [0.25, 0.3) is 0 Å². The SMILES string of the molecule is C(=C\c1ccc(-c2nc3ccccc3o2)cc1)/c1ccc(-c2nc3ccccc3o2)cc1.CC(C)(C)c1ccc2oc(-c3ccc(-c4nc5cc(C(C)(C)C)ccc5o4)s3)nc2c1.CCN(CC)c1ccc2c(C)cc(=O)oc2c1.COc1ccccc1/C=C/c1ccc(-c2ccc(/C=C/c3ccccc3OC)cc2)cc1. The average molecular weight is 1490 g/mol. The Kier molecular flexibility index (Phi) is 22.8. The summed E-state index contributed by atoms with van der Waals surface area (Å²) >= 11 is 1.58. The van der Waals surface area contributed by atoms with Crippen molar-refractivity contribution in [2.45, 2.75) is 73.1 Å². The molecule has 0 unspecified atom stereocenters. The van der Waals surface area contributed by atoms with Gasteiger partial charge >= 0.3 is 5.63 Å². The molecule has 13 nitrogen and oxygen atoms in total. The fourth-order valence-electron chi connectivity index (χ4n) is 12.9. The molecular weight excluding hydrogens is 1410 g/mol. The maximum Gasteiger partial charge on any atom is 0.336 e. The summed E-state index contributed by atoms with van der Waals surface area (Å²) < 4.78 is 39.8. The monoisotopic (exact) mass is 1490 g/mol. The fourth-order valence-corrected chi connectivity index (χ4v) is 13.7. The first-order chi connectivity index (χ1) is 54.3. The number of rotatable bonds is 16. The molecule has 0 bridgehead atoms. The lowest BCUT2D eigenvalue weighted by Crippen LogP contribution is -2.21. The summed E-state index contributed by atoms with van der Waals surface area (Å²) in [5.41, 5.74) is 22.7. The Bertz CT molecular complexity index is 5860. The van der Waals surface area contributed by atoms with Crippen molar-refractivity contribution in [1.82, 2.24) is 19.9 Å². The number of anilines is 1. The lowest BCUT2D eigenvalue weighted by Gasteiger charge is -2.21. The number of aryl methyl sites for hydroxylation is 1. The van der Waals surface area contributed by atoms with Crippen molar-refractivity contribution < 1.29 is 31.6 Å². The number of methoxy groups -OCH3 is 2. The highest BCUT2D eigenvalue weighted by Gasteiger charge is 2.21. The third-order valence-electron chi connectivity index (χ3n) is 19.3. The fraction of sp³-hybridized carbons (Fsp3) is 0.153. The highest BCUT2D eigenvalue weighted by atomic mass is 32.1. The molecule has 6 aromatic heterocycles. The van der Waals surface area contributed by atoms with Crippen LogP contribution in [0.15, 0.2) is 294 Å². The minimum Gasteiger partial charge on any atom is -0.496 e. The number of hydrogen-bond acceptors (Lipinski definition) is 14. The van der Waals surface area contributed by atoms with E-state index in [1.54, 1.807) is 25.6 Å². The summed E-state index contributed by atoms with van der Waals surface area (Å²) in [5.74, 6) is 4.28. The normalized spacial score (nSPS) is 11.7. The third-order valence-corrected chi connectivity index (χ3v) is 20.4. The van der Waals surface area contributed by atoms with Crippen LogP contribution in [-0.4, -0.2) is 47.2 Å². The van der Waals surface area contributed by atoms with Crippen LogP contribution in [0.3, 0.4) is 0 Å². The molecule has 0 radical (unpaired) electrons. The smallest absolute Gasteiger partial charge is 0.336 e. The number of para-hydroxylation sites is 6. The molecule has 0 saturated carbocycles. The van der Waals surface area contributed by atoms with E-state index in [1.807, 2.05) is 165 Å². The molecule has 0 aliphatic carbocycles. The Hall–Kier alpha value is -13.2. The van der Waals surface area contributed by atoms with Gasteiger partial charge in [0.05, 0.1) is 24.0 Å². The Morgan fingerprint density at radius 1 is 0.366 bits per heavy atom. The molecular formula is C98H87N5O8S. The van der Waals surface area contributed by atoms with Gasteiger partial charge in [-0.3, -0.25) is 0 Å². The molecule has 14 heteroatoms. The van der Waals surface area contributed by atoms with Gasteiger partial charge in [0.1, 0.15) is 39.1 Å². The number of ether oxygens (including phenoxy) is 2. The van der Waals surface area contributed by atoms with E-state index in [0.29, 0.717) is 29.1 Å². The Balaban J connectivity index is 0.000000127. The third kappa shape index (κ3) is 18.1. The van der Waals surface area contributed by atoms with Gasteiger partial charge in [-0.25, -0.2) is 24.7 Å². The second kappa shape index (κ2) is 33.8. The van der Waals surface area contributed by atoms with Crippen molar-refractivity contribution in [3.63, 3.8) is 0 Å². The van der Waals surface area contributed by atoms with Crippen molar-refractivity contribution in [3.8, 4) is 67.1 Å². The van der Waals surface area contributed by atoms with Gasteiger partial charge < -0.3 is 36.5 Å². The summed E-state index contributed by atoms with van der Waals surface area (Å²) in [7, 11) is 3.39. The number of thiophene rings is 1. The van der Waals surface area contributed by atoms with Gasteiger partial charge in [-0.15, -0.1) is 11.3 Å². The predicted molar refractivity (Wildman–Crippen MR) is 462 cm³/mol. The first kappa shape index (κ1) is 75.6. The number of aromatic nitrogens is 4. The van der Waals surface area contributed by atoms with Gasteiger partial charge in [-0.1, -0.05) is 224 Å². The first-order valence-electron chi connectivity index (χ1n) is 37.5. The summed E-state index contributed by atoms with van der Waals surface area (Å²) in [5, 5.41) is 1.00. The van der Waals surface area contributed by atoms with Gasteiger partial charge in [0, 0.05) is 58.5 Å². The van der Waals surface area contributed by atoms with E-state index in [9.17, 15) is 4.79 Å². The maximum atomic E-state index is 11.3.